The number of piperidine rings is 1. The quantitative estimate of drug-likeness (QED) is 0.825. The Morgan fingerprint density at radius 3 is 3.00 bits per heavy atom. The highest BCUT2D eigenvalue weighted by Crippen LogP contribution is 2.27. The van der Waals surface area contributed by atoms with Gasteiger partial charge in [-0.1, -0.05) is 18.2 Å². The van der Waals surface area contributed by atoms with E-state index < -0.39 is 0 Å². The number of nitrogens with one attached hydrogen (secondary N) is 1. The zero-order valence-electron chi connectivity index (χ0n) is 16.0. The van der Waals surface area contributed by atoms with Crippen molar-refractivity contribution in [1.29, 1.82) is 0 Å². The highest BCUT2D eigenvalue weighted by molar-refractivity contribution is 5.97. The molecule has 1 fully saturated rings. The van der Waals surface area contributed by atoms with E-state index in [-0.39, 0.29) is 19.1 Å². The van der Waals surface area contributed by atoms with Gasteiger partial charge in [-0.05, 0) is 43.2 Å². The van der Waals surface area contributed by atoms with Gasteiger partial charge in [-0.2, -0.15) is 0 Å². The molecule has 7 nitrogen and oxygen atoms in total. The van der Waals surface area contributed by atoms with E-state index in [9.17, 15) is 9.90 Å². The topological polar surface area (TPSA) is 81.6 Å². The van der Waals surface area contributed by atoms with Crippen LogP contribution in [0.15, 0.2) is 36.7 Å². The molecule has 2 N–H and O–H groups in total. The molecule has 0 radical (unpaired) electrons. The van der Waals surface area contributed by atoms with Crippen molar-refractivity contribution in [3.8, 4) is 0 Å². The molecular formula is C21H27N5O2. The molecule has 2 aliphatic heterocycles. The van der Waals surface area contributed by atoms with Crippen LogP contribution < -0.4 is 15.1 Å². The van der Waals surface area contributed by atoms with Gasteiger partial charge in [-0.3, -0.25) is 4.79 Å². The lowest BCUT2D eigenvalue weighted by Crippen LogP contribution is -2.39. The van der Waals surface area contributed by atoms with Crippen LogP contribution in [0.2, 0.25) is 0 Å². The number of aliphatic hydroxyl groups excluding tert-OH is 1. The number of carbonyl (C=O) groups is 1. The van der Waals surface area contributed by atoms with Crippen molar-refractivity contribution >= 4 is 23.2 Å². The summed E-state index contributed by atoms with van der Waals surface area (Å²) in [6.07, 6.45) is 5.63. The molecule has 4 rings (SSSR count). The lowest BCUT2D eigenvalue weighted by atomic mass is 9.99. The van der Waals surface area contributed by atoms with Gasteiger partial charge in [0.05, 0.1) is 6.54 Å². The minimum absolute atomic E-state index is 0.0469. The Labute approximate surface area is 165 Å². The number of rotatable bonds is 5. The van der Waals surface area contributed by atoms with E-state index in [1.807, 2.05) is 29.2 Å². The molecule has 1 unspecified atom stereocenters. The number of nitrogens with zero attached hydrogens (tertiary/aromatic N) is 4. The van der Waals surface area contributed by atoms with Crippen molar-refractivity contribution < 1.29 is 9.90 Å². The predicted molar refractivity (Wildman–Crippen MR) is 110 cm³/mol. The highest BCUT2D eigenvalue weighted by Gasteiger charge is 2.23. The van der Waals surface area contributed by atoms with Gasteiger partial charge >= 0.3 is 0 Å². The first-order valence-corrected chi connectivity index (χ1v) is 10.0. The smallest absolute Gasteiger partial charge is 0.246 e. The summed E-state index contributed by atoms with van der Waals surface area (Å²) in [7, 11) is 0. The zero-order chi connectivity index (χ0) is 19.3. The summed E-state index contributed by atoms with van der Waals surface area (Å²) in [5.74, 6) is 1.83. The second-order valence-corrected chi connectivity index (χ2v) is 7.53. The van der Waals surface area contributed by atoms with Crippen molar-refractivity contribution in [1.82, 2.24) is 9.97 Å². The number of aliphatic hydroxyl groups is 1. The van der Waals surface area contributed by atoms with E-state index in [2.05, 4.69) is 26.3 Å². The Balaban J connectivity index is 1.40. The van der Waals surface area contributed by atoms with Crippen molar-refractivity contribution in [2.24, 2.45) is 5.92 Å². The molecule has 0 saturated carbocycles. The summed E-state index contributed by atoms with van der Waals surface area (Å²) in [6.45, 7) is 2.89. The van der Waals surface area contributed by atoms with E-state index >= 15 is 0 Å². The molecule has 1 aromatic carbocycles. The maximum absolute atomic E-state index is 12.8. The lowest BCUT2D eigenvalue weighted by molar-refractivity contribution is -0.117. The molecule has 3 heterocycles. The largest absolute Gasteiger partial charge is 0.396 e. The summed E-state index contributed by atoms with van der Waals surface area (Å²) in [5, 5.41) is 12.6. The number of hydrogen-bond acceptors (Lipinski definition) is 6. The SMILES string of the molecule is O=C(CNc1cc(N2CCCC(CO)C2)ncn1)N1CCCc2ccccc21. The van der Waals surface area contributed by atoms with E-state index in [0.717, 1.165) is 56.8 Å². The number of anilines is 3. The van der Waals surface area contributed by atoms with Crippen LogP contribution in [-0.4, -0.2) is 53.8 Å². The normalized spacial score (nSPS) is 19.2. The molecule has 0 spiro atoms. The van der Waals surface area contributed by atoms with Crippen molar-refractivity contribution in [3.05, 3.63) is 42.2 Å². The second-order valence-electron chi connectivity index (χ2n) is 7.53. The summed E-state index contributed by atoms with van der Waals surface area (Å²) in [6, 6.07) is 10.00. The Morgan fingerprint density at radius 1 is 1.21 bits per heavy atom. The van der Waals surface area contributed by atoms with Crippen LogP contribution in [0, 0.1) is 5.92 Å². The first-order valence-electron chi connectivity index (χ1n) is 10.0. The molecular weight excluding hydrogens is 354 g/mol. The number of hydrogen-bond donors (Lipinski definition) is 2. The third-order valence-corrected chi connectivity index (χ3v) is 5.59. The number of aromatic nitrogens is 2. The average Bonchev–Trinajstić information content (AvgIpc) is 2.77. The average molecular weight is 381 g/mol. The van der Waals surface area contributed by atoms with E-state index in [0.29, 0.717) is 11.7 Å². The molecule has 0 aliphatic carbocycles. The van der Waals surface area contributed by atoms with Crippen LogP contribution in [0.1, 0.15) is 24.8 Å². The van der Waals surface area contributed by atoms with Gasteiger partial charge in [0.2, 0.25) is 5.91 Å². The number of fused-ring (bicyclic) bond motifs is 1. The maximum Gasteiger partial charge on any atom is 0.246 e. The lowest BCUT2D eigenvalue weighted by Gasteiger charge is -2.32. The summed E-state index contributed by atoms with van der Waals surface area (Å²) in [5.41, 5.74) is 2.25. The van der Waals surface area contributed by atoms with E-state index in [4.69, 9.17) is 0 Å². The van der Waals surface area contributed by atoms with Gasteiger partial charge in [0, 0.05) is 38.0 Å². The van der Waals surface area contributed by atoms with Gasteiger partial charge in [-0.15, -0.1) is 0 Å². The fourth-order valence-corrected chi connectivity index (χ4v) is 4.09. The fourth-order valence-electron chi connectivity index (χ4n) is 4.09. The van der Waals surface area contributed by atoms with E-state index in [1.165, 1.54) is 11.9 Å². The number of para-hydroxylation sites is 1. The van der Waals surface area contributed by atoms with Gasteiger partial charge in [-0.25, -0.2) is 9.97 Å². The van der Waals surface area contributed by atoms with Gasteiger partial charge in [0.1, 0.15) is 18.0 Å². The maximum atomic E-state index is 12.8. The van der Waals surface area contributed by atoms with Crippen LogP contribution in [0.25, 0.3) is 0 Å². The highest BCUT2D eigenvalue weighted by atomic mass is 16.3. The fraction of sp³-hybridized carbons (Fsp3) is 0.476. The molecule has 1 aromatic heterocycles. The Kier molecular flexibility index (Phi) is 5.71. The molecule has 148 valence electrons. The van der Waals surface area contributed by atoms with Crippen LogP contribution in [0.3, 0.4) is 0 Å². The van der Waals surface area contributed by atoms with Crippen molar-refractivity contribution in [2.45, 2.75) is 25.7 Å². The Hall–Kier alpha value is -2.67. The minimum Gasteiger partial charge on any atom is -0.396 e. The molecule has 0 bridgehead atoms. The third kappa shape index (κ3) is 4.09. The summed E-state index contributed by atoms with van der Waals surface area (Å²) >= 11 is 0. The minimum atomic E-state index is 0.0469. The number of aryl methyl sites for hydroxylation is 1. The molecule has 1 atom stereocenters. The van der Waals surface area contributed by atoms with Crippen molar-refractivity contribution in [2.75, 3.05) is 47.9 Å². The first-order chi connectivity index (χ1) is 13.7. The Morgan fingerprint density at radius 2 is 2.11 bits per heavy atom. The molecule has 1 saturated heterocycles. The molecule has 7 heteroatoms. The van der Waals surface area contributed by atoms with Crippen molar-refractivity contribution in [3.63, 3.8) is 0 Å². The molecule has 2 aliphatic rings. The van der Waals surface area contributed by atoms with Gasteiger partial charge in [0.25, 0.3) is 0 Å². The zero-order valence-corrected chi connectivity index (χ0v) is 16.0. The summed E-state index contributed by atoms with van der Waals surface area (Å²) < 4.78 is 0. The second kappa shape index (κ2) is 8.56. The van der Waals surface area contributed by atoms with Crippen LogP contribution in [0.5, 0.6) is 0 Å². The van der Waals surface area contributed by atoms with Crippen LogP contribution in [-0.2, 0) is 11.2 Å². The van der Waals surface area contributed by atoms with Gasteiger partial charge in [0.15, 0.2) is 0 Å². The summed E-state index contributed by atoms with van der Waals surface area (Å²) in [4.78, 5) is 25.5. The third-order valence-electron chi connectivity index (χ3n) is 5.59. The van der Waals surface area contributed by atoms with Gasteiger partial charge < -0.3 is 20.2 Å². The monoisotopic (exact) mass is 381 g/mol. The number of benzene rings is 1. The number of amides is 1. The molecule has 28 heavy (non-hydrogen) atoms. The molecule has 2 aromatic rings. The molecule has 1 amide bonds. The Bertz CT molecular complexity index is 828. The van der Waals surface area contributed by atoms with E-state index in [1.54, 1.807) is 0 Å². The number of carbonyl (C=O) groups excluding carboxylic acids is 1. The first kappa shape index (κ1) is 18.7. The standard InChI is InChI=1S/C21H27N5O2/c27-14-16-5-3-9-25(13-16)20-11-19(23-15-24-20)22-12-21(28)26-10-4-7-17-6-1-2-8-18(17)26/h1-2,6,8,11,15-16,27H,3-5,7,9-10,12-14H2,(H,22,23,24). The predicted octanol–water partition coefficient (Wildman–Crippen LogP) is 2.08. The van der Waals surface area contributed by atoms with Crippen LogP contribution >= 0.6 is 0 Å². The van der Waals surface area contributed by atoms with Crippen LogP contribution in [0.4, 0.5) is 17.3 Å².